The van der Waals surface area contributed by atoms with E-state index in [0.717, 1.165) is 5.69 Å². The molecule has 2 heterocycles. The summed E-state index contributed by atoms with van der Waals surface area (Å²) >= 11 is 0. The predicted molar refractivity (Wildman–Crippen MR) is 96.4 cm³/mol. The fourth-order valence-electron chi connectivity index (χ4n) is 3.15. The molecule has 7 heteroatoms. The molecule has 0 aliphatic carbocycles. The van der Waals surface area contributed by atoms with Crippen LogP contribution in [0.4, 0.5) is 14.5 Å². The van der Waals surface area contributed by atoms with Crippen LogP contribution in [-0.2, 0) is 0 Å². The number of halogens is 2. The summed E-state index contributed by atoms with van der Waals surface area (Å²) in [6, 6.07) is 14.0. The molecule has 1 aliphatic rings. The number of hydrogen-bond donors (Lipinski definition) is 0. The predicted octanol–water partition coefficient (Wildman–Crippen LogP) is 3.58. The SMILES string of the molecule is O=C(c1cc(-c2ccccc2F)no1)N1CCN(c2ccc(F)cc2)CC1. The molecule has 1 aromatic heterocycles. The Balaban J connectivity index is 1.43. The zero-order chi connectivity index (χ0) is 18.8. The van der Waals surface area contributed by atoms with E-state index in [2.05, 4.69) is 10.1 Å². The van der Waals surface area contributed by atoms with Crippen LogP contribution in [0, 0.1) is 11.6 Å². The Morgan fingerprint density at radius 2 is 1.67 bits per heavy atom. The van der Waals surface area contributed by atoms with Gasteiger partial charge >= 0.3 is 0 Å². The lowest BCUT2D eigenvalue weighted by Gasteiger charge is -2.35. The minimum Gasteiger partial charge on any atom is -0.368 e. The number of anilines is 1. The standard InChI is InChI=1S/C20H17F2N3O2/c21-14-5-7-15(8-6-14)24-9-11-25(12-10-24)20(26)19-13-18(23-27-19)16-3-1-2-4-17(16)22/h1-8,13H,9-12H2. The van der Waals surface area contributed by atoms with Crippen LogP contribution in [0.3, 0.4) is 0 Å². The average Bonchev–Trinajstić information content (AvgIpc) is 3.18. The first kappa shape index (κ1) is 17.2. The van der Waals surface area contributed by atoms with E-state index in [1.165, 1.54) is 24.3 Å². The molecule has 3 aromatic rings. The van der Waals surface area contributed by atoms with Crippen molar-refractivity contribution in [2.45, 2.75) is 0 Å². The molecule has 0 saturated carbocycles. The smallest absolute Gasteiger partial charge is 0.292 e. The number of amides is 1. The molecular formula is C20H17F2N3O2. The first-order valence-electron chi connectivity index (χ1n) is 8.63. The molecule has 5 nitrogen and oxygen atoms in total. The third-order valence-electron chi connectivity index (χ3n) is 4.63. The van der Waals surface area contributed by atoms with E-state index in [0.29, 0.717) is 37.4 Å². The Bertz CT molecular complexity index is 948. The maximum absolute atomic E-state index is 13.9. The summed E-state index contributed by atoms with van der Waals surface area (Å²) in [5.41, 5.74) is 1.51. The number of nitrogens with zero attached hydrogens (tertiary/aromatic N) is 3. The lowest BCUT2D eigenvalue weighted by atomic mass is 10.1. The Morgan fingerprint density at radius 1 is 0.963 bits per heavy atom. The molecule has 0 unspecified atom stereocenters. The molecular weight excluding hydrogens is 352 g/mol. The number of hydrogen-bond acceptors (Lipinski definition) is 4. The monoisotopic (exact) mass is 369 g/mol. The Labute approximate surface area is 154 Å². The lowest BCUT2D eigenvalue weighted by molar-refractivity contribution is 0.0705. The van der Waals surface area contributed by atoms with E-state index in [1.54, 1.807) is 35.2 Å². The van der Waals surface area contributed by atoms with Crippen LogP contribution in [0.15, 0.2) is 59.1 Å². The molecule has 2 aromatic carbocycles. The van der Waals surface area contributed by atoms with E-state index in [9.17, 15) is 13.6 Å². The third-order valence-corrected chi connectivity index (χ3v) is 4.63. The normalized spacial score (nSPS) is 14.4. The van der Waals surface area contributed by atoms with Crippen molar-refractivity contribution in [1.29, 1.82) is 0 Å². The van der Waals surface area contributed by atoms with Gasteiger partial charge in [-0.15, -0.1) is 0 Å². The van der Waals surface area contributed by atoms with Gasteiger partial charge in [0.2, 0.25) is 5.76 Å². The van der Waals surface area contributed by atoms with Crippen molar-refractivity contribution in [3.63, 3.8) is 0 Å². The summed E-state index contributed by atoms with van der Waals surface area (Å²) in [7, 11) is 0. The van der Waals surface area contributed by atoms with Crippen LogP contribution in [0.2, 0.25) is 0 Å². The highest BCUT2D eigenvalue weighted by atomic mass is 19.1. The second kappa shape index (κ2) is 7.19. The minimum atomic E-state index is -0.419. The molecule has 138 valence electrons. The van der Waals surface area contributed by atoms with Crippen molar-refractivity contribution >= 4 is 11.6 Å². The number of carbonyl (C=O) groups excluding carboxylic acids is 1. The minimum absolute atomic E-state index is 0.0866. The van der Waals surface area contributed by atoms with Crippen molar-refractivity contribution in [3.8, 4) is 11.3 Å². The summed E-state index contributed by atoms with van der Waals surface area (Å²) in [5, 5.41) is 3.83. The summed E-state index contributed by atoms with van der Waals surface area (Å²) in [6.07, 6.45) is 0. The zero-order valence-corrected chi connectivity index (χ0v) is 14.4. The van der Waals surface area contributed by atoms with Gasteiger partial charge < -0.3 is 14.3 Å². The molecule has 1 aliphatic heterocycles. The molecule has 0 spiro atoms. The molecule has 1 saturated heterocycles. The highest BCUT2D eigenvalue weighted by Gasteiger charge is 2.25. The van der Waals surface area contributed by atoms with Crippen LogP contribution >= 0.6 is 0 Å². The maximum atomic E-state index is 13.9. The van der Waals surface area contributed by atoms with Crippen LogP contribution in [-0.4, -0.2) is 42.1 Å². The van der Waals surface area contributed by atoms with Crippen LogP contribution in [0.5, 0.6) is 0 Å². The topological polar surface area (TPSA) is 49.6 Å². The molecule has 4 rings (SSSR count). The van der Waals surface area contributed by atoms with Gasteiger partial charge in [0.15, 0.2) is 0 Å². The van der Waals surface area contributed by atoms with E-state index < -0.39 is 5.82 Å². The highest BCUT2D eigenvalue weighted by molar-refractivity contribution is 5.92. The van der Waals surface area contributed by atoms with Gasteiger partial charge in [-0.1, -0.05) is 17.3 Å². The van der Waals surface area contributed by atoms with E-state index in [1.807, 2.05) is 0 Å². The number of benzene rings is 2. The fraction of sp³-hybridized carbons (Fsp3) is 0.200. The second-order valence-corrected chi connectivity index (χ2v) is 6.31. The summed E-state index contributed by atoms with van der Waals surface area (Å²) in [6.45, 7) is 2.27. The van der Waals surface area contributed by atoms with Gasteiger partial charge in [0, 0.05) is 43.5 Å². The van der Waals surface area contributed by atoms with Gasteiger partial charge in [-0.3, -0.25) is 4.79 Å². The van der Waals surface area contributed by atoms with E-state index in [-0.39, 0.29) is 17.5 Å². The van der Waals surface area contributed by atoms with Crippen LogP contribution < -0.4 is 4.90 Å². The summed E-state index contributed by atoms with van der Waals surface area (Å²) in [5.74, 6) is -0.881. The first-order valence-corrected chi connectivity index (χ1v) is 8.63. The van der Waals surface area contributed by atoms with Crippen molar-refractivity contribution in [1.82, 2.24) is 10.1 Å². The van der Waals surface area contributed by atoms with Gasteiger partial charge in [0.05, 0.1) is 0 Å². The highest BCUT2D eigenvalue weighted by Crippen LogP contribution is 2.23. The number of aromatic nitrogens is 1. The Morgan fingerprint density at radius 3 is 2.37 bits per heavy atom. The molecule has 0 bridgehead atoms. The number of carbonyl (C=O) groups is 1. The number of rotatable bonds is 3. The zero-order valence-electron chi connectivity index (χ0n) is 14.4. The van der Waals surface area contributed by atoms with E-state index >= 15 is 0 Å². The average molecular weight is 369 g/mol. The van der Waals surface area contributed by atoms with Gasteiger partial charge in [0.1, 0.15) is 17.3 Å². The van der Waals surface area contributed by atoms with E-state index in [4.69, 9.17) is 4.52 Å². The first-order chi connectivity index (χ1) is 13.1. The lowest BCUT2D eigenvalue weighted by Crippen LogP contribution is -2.48. The van der Waals surface area contributed by atoms with Crippen molar-refractivity contribution in [3.05, 3.63) is 72.0 Å². The summed E-state index contributed by atoms with van der Waals surface area (Å²) < 4.78 is 32.1. The second-order valence-electron chi connectivity index (χ2n) is 6.31. The molecule has 27 heavy (non-hydrogen) atoms. The van der Waals surface area contributed by atoms with Crippen molar-refractivity contribution in [2.75, 3.05) is 31.1 Å². The Hall–Kier alpha value is -3.22. The molecule has 1 fully saturated rings. The quantitative estimate of drug-likeness (QED) is 0.708. The molecule has 1 amide bonds. The van der Waals surface area contributed by atoms with Crippen molar-refractivity contribution < 1.29 is 18.1 Å². The Kier molecular flexibility index (Phi) is 4.58. The summed E-state index contributed by atoms with van der Waals surface area (Å²) in [4.78, 5) is 16.4. The van der Waals surface area contributed by atoms with Gasteiger partial charge in [0.25, 0.3) is 5.91 Å². The van der Waals surface area contributed by atoms with Gasteiger partial charge in [-0.05, 0) is 36.4 Å². The third kappa shape index (κ3) is 3.53. The van der Waals surface area contributed by atoms with Gasteiger partial charge in [-0.2, -0.15) is 0 Å². The molecule has 0 atom stereocenters. The van der Waals surface area contributed by atoms with Crippen LogP contribution in [0.1, 0.15) is 10.6 Å². The fourth-order valence-corrected chi connectivity index (χ4v) is 3.15. The molecule has 0 radical (unpaired) electrons. The molecule has 0 N–H and O–H groups in total. The maximum Gasteiger partial charge on any atom is 0.292 e. The van der Waals surface area contributed by atoms with Crippen molar-refractivity contribution in [2.24, 2.45) is 0 Å². The largest absolute Gasteiger partial charge is 0.368 e. The van der Waals surface area contributed by atoms with Gasteiger partial charge in [-0.25, -0.2) is 8.78 Å². The number of piperazine rings is 1. The van der Waals surface area contributed by atoms with Crippen LogP contribution in [0.25, 0.3) is 11.3 Å².